The van der Waals surface area contributed by atoms with Gasteiger partial charge in [0.1, 0.15) is 5.75 Å². The highest BCUT2D eigenvalue weighted by Crippen LogP contribution is 2.44. The van der Waals surface area contributed by atoms with Crippen LogP contribution < -0.4 is 15.0 Å². The summed E-state index contributed by atoms with van der Waals surface area (Å²) in [5, 5.41) is 4.11. The van der Waals surface area contributed by atoms with E-state index in [0.717, 1.165) is 26.3 Å². The van der Waals surface area contributed by atoms with Gasteiger partial charge in [-0.05, 0) is 67.7 Å². The Hall–Kier alpha value is -2.15. The summed E-state index contributed by atoms with van der Waals surface area (Å²) in [6.45, 7) is 2.61. The average molecular weight is 416 g/mol. The fraction of sp³-hybridized carbons (Fsp3) is 0.200. The van der Waals surface area contributed by atoms with Crippen molar-refractivity contribution in [3.63, 3.8) is 0 Å². The monoisotopic (exact) mass is 415 g/mol. The van der Waals surface area contributed by atoms with Gasteiger partial charge in [0.05, 0.1) is 28.7 Å². The molecule has 0 unspecified atom stereocenters. The second-order valence-electron chi connectivity index (χ2n) is 6.07. The average Bonchev–Trinajstić information content (AvgIpc) is 3.26. The predicted octanol–water partition coefficient (Wildman–Crippen LogP) is 5.37. The minimum absolute atomic E-state index is 0.0251. The number of benzene rings is 1. The molecule has 2 aromatic heterocycles. The number of pyridine rings is 1. The zero-order valence-electron chi connectivity index (χ0n) is 14.6. The molecule has 4 rings (SSSR count). The summed E-state index contributed by atoms with van der Waals surface area (Å²) < 4.78 is 6.32. The van der Waals surface area contributed by atoms with Crippen molar-refractivity contribution in [3.05, 3.63) is 75.7 Å². The molecule has 0 amide bonds. The van der Waals surface area contributed by atoms with Crippen molar-refractivity contribution in [1.82, 2.24) is 10.3 Å². The van der Waals surface area contributed by atoms with Gasteiger partial charge in [0.25, 0.3) is 0 Å². The van der Waals surface area contributed by atoms with Crippen LogP contribution in [-0.2, 0) is 0 Å². The number of nitrogens with zero attached hydrogens (tertiary/aromatic N) is 2. The molecule has 4 nitrogen and oxygen atoms in total. The molecule has 0 aliphatic carbocycles. The summed E-state index contributed by atoms with van der Waals surface area (Å²) in [5.74, 6) is 0.844. The molecule has 27 heavy (non-hydrogen) atoms. The number of halogens is 1. The predicted molar refractivity (Wildman–Crippen MR) is 115 cm³/mol. The standard InChI is InChI=1S/C20H18ClN3OS2/c1-2-25-14-8-6-13(7-9-14)24-19(16-10-11-17(21)27-16)18(23-20(24)26)15-5-3-4-12-22-15/h3-12,18-19H,2H2,1H3,(H,23,26)/t18-,19+/m0/s1. The molecule has 1 saturated heterocycles. The van der Waals surface area contributed by atoms with Crippen molar-refractivity contribution in [3.8, 4) is 5.75 Å². The van der Waals surface area contributed by atoms with E-state index in [-0.39, 0.29) is 12.1 Å². The first-order chi connectivity index (χ1) is 13.2. The summed E-state index contributed by atoms with van der Waals surface area (Å²) in [6.07, 6.45) is 1.80. The highest BCUT2D eigenvalue weighted by atomic mass is 35.5. The van der Waals surface area contributed by atoms with Crippen molar-refractivity contribution in [1.29, 1.82) is 0 Å². The Morgan fingerprint density at radius 1 is 1.19 bits per heavy atom. The Morgan fingerprint density at radius 2 is 2.00 bits per heavy atom. The summed E-state index contributed by atoms with van der Waals surface area (Å²) in [7, 11) is 0. The maximum atomic E-state index is 6.23. The van der Waals surface area contributed by atoms with E-state index in [4.69, 9.17) is 28.6 Å². The number of thiocarbonyl (C=S) groups is 1. The van der Waals surface area contributed by atoms with Crippen LogP contribution in [0, 0.1) is 0 Å². The third kappa shape index (κ3) is 3.65. The van der Waals surface area contributed by atoms with E-state index in [1.165, 1.54) is 0 Å². The Bertz CT molecular complexity index is 930. The highest BCUT2D eigenvalue weighted by molar-refractivity contribution is 7.80. The topological polar surface area (TPSA) is 37.4 Å². The molecule has 1 aromatic carbocycles. The molecule has 138 valence electrons. The lowest BCUT2D eigenvalue weighted by atomic mass is 10.0. The van der Waals surface area contributed by atoms with Gasteiger partial charge in [-0.2, -0.15) is 0 Å². The van der Waals surface area contributed by atoms with Crippen LogP contribution in [0.3, 0.4) is 0 Å². The Kier molecular flexibility index (Phi) is 5.29. The van der Waals surface area contributed by atoms with Gasteiger partial charge >= 0.3 is 0 Å². The van der Waals surface area contributed by atoms with Crippen molar-refractivity contribution in [2.24, 2.45) is 0 Å². The van der Waals surface area contributed by atoms with Gasteiger partial charge < -0.3 is 15.0 Å². The normalized spacial score (nSPS) is 19.2. The van der Waals surface area contributed by atoms with Crippen LogP contribution in [-0.4, -0.2) is 16.7 Å². The first-order valence-corrected chi connectivity index (χ1v) is 10.3. The Labute approximate surface area is 172 Å². The number of rotatable bonds is 5. The number of ether oxygens (including phenoxy) is 1. The fourth-order valence-electron chi connectivity index (χ4n) is 3.28. The molecule has 0 bridgehead atoms. The molecule has 0 saturated carbocycles. The molecule has 0 radical (unpaired) electrons. The summed E-state index contributed by atoms with van der Waals surface area (Å²) >= 11 is 13.5. The van der Waals surface area contributed by atoms with E-state index < -0.39 is 0 Å². The Morgan fingerprint density at radius 3 is 2.63 bits per heavy atom. The number of hydrogen-bond donors (Lipinski definition) is 1. The van der Waals surface area contributed by atoms with Crippen LogP contribution in [0.5, 0.6) is 5.75 Å². The molecule has 2 atom stereocenters. The zero-order valence-corrected chi connectivity index (χ0v) is 17.0. The molecule has 3 heterocycles. The summed E-state index contributed by atoms with van der Waals surface area (Å²) in [4.78, 5) is 7.81. The second-order valence-corrected chi connectivity index (χ2v) is 8.20. The maximum absolute atomic E-state index is 6.23. The number of hydrogen-bond acceptors (Lipinski definition) is 4. The van der Waals surface area contributed by atoms with Crippen molar-refractivity contribution in [2.45, 2.75) is 19.0 Å². The fourth-order valence-corrected chi connectivity index (χ4v) is 4.81. The van der Waals surface area contributed by atoms with Crippen LogP contribution in [0.2, 0.25) is 4.34 Å². The van der Waals surface area contributed by atoms with Gasteiger partial charge in [0.2, 0.25) is 0 Å². The minimum atomic E-state index is -0.0556. The minimum Gasteiger partial charge on any atom is -0.494 e. The molecule has 1 aliphatic rings. The number of nitrogens with one attached hydrogen (secondary N) is 1. The quantitative estimate of drug-likeness (QED) is 0.567. The summed E-state index contributed by atoms with van der Waals surface area (Å²) in [6, 6.07) is 17.8. The van der Waals surface area contributed by atoms with Crippen molar-refractivity contribution in [2.75, 3.05) is 11.5 Å². The van der Waals surface area contributed by atoms with E-state index in [1.54, 1.807) is 17.5 Å². The van der Waals surface area contributed by atoms with Gasteiger partial charge in [-0.25, -0.2) is 0 Å². The van der Waals surface area contributed by atoms with Crippen LogP contribution >= 0.6 is 35.2 Å². The van der Waals surface area contributed by atoms with Crippen molar-refractivity contribution < 1.29 is 4.74 Å². The molecule has 3 aromatic rings. The van der Waals surface area contributed by atoms with Gasteiger partial charge in [0, 0.05) is 16.8 Å². The first kappa shape index (κ1) is 18.2. The second kappa shape index (κ2) is 7.84. The summed E-state index contributed by atoms with van der Waals surface area (Å²) in [5.41, 5.74) is 1.95. The third-order valence-corrected chi connectivity index (χ3v) is 6.03. The van der Waals surface area contributed by atoms with Crippen LogP contribution in [0.25, 0.3) is 0 Å². The van der Waals surface area contributed by atoms with E-state index in [9.17, 15) is 0 Å². The van der Waals surface area contributed by atoms with Crippen LogP contribution in [0.4, 0.5) is 5.69 Å². The number of anilines is 1. The van der Waals surface area contributed by atoms with Crippen LogP contribution in [0.1, 0.15) is 29.6 Å². The van der Waals surface area contributed by atoms with E-state index in [0.29, 0.717) is 11.7 Å². The molecular formula is C20H18ClN3OS2. The lowest BCUT2D eigenvalue weighted by Crippen LogP contribution is -2.29. The molecular weight excluding hydrogens is 398 g/mol. The van der Waals surface area contributed by atoms with E-state index in [1.807, 2.05) is 55.5 Å². The van der Waals surface area contributed by atoms with Gasteiger partial charge in [-0.3, -0.25) is 4.98 Å². The lowest BCUT2D eigenvalue weighted by molar-refractivity contribution is 0.340. The van der Waals surface area contributed by atoms with Gasteiger partial charge in [0.15, 0.2) is 5.11 Å². The van der Waals surface area contributed by atoms with Gasteiger partial charge in [-0.15, -0.1) is 11.3 Å². The zero-order chi connectivity index (χ0) is 18.8. The molecule has 1 N–H and O–H groups in total. The molecule has 1 aliphatic heterocycles. The maximum Gasteiger partial charge on any atom is 0.174 e. The Balaban J connectivity index is 1.75. The smallest absolute Gasteiger partial charge is 0.174 e. The van der Waals surface area contributed by atoms with E-state index in [2.05, 4.69) is 21.3 Å². The van der Waals surface area contributed by atoms with Crippen LogP contribution in [0.15, 0.2) is 60.8 Å². The molecule has 0 spiro atoms. The number of thiophene rings is 1. The molecule has 7 heteroatoms. The largest absolute Gasteiger partial charge is 0.494 e. The van der Waals surface area contributed by atoms with Crippen molar-refractivity contribution >= 4 is 46.0 Å². The van der Waals surface area contributed by atoms with E-state index >= 15 is 0 Å². The number of aromatic nitrogens is 1. The van der Waals surface area contributed by atoms with Gasteiger partial charge in [-0.1, -0.05) is 17.7 Å². The lowest BCUT2D eigenvalue weighted by Gasteiger charge is -2.27. The molecule has 1 fully saturated rings. The third-order valence-electron chi connectivity index (χ3n) is 4.41. The highest BCUT2D eigenvalue weighted by Gasteiger charge is 2.41. The first-order valence-electron chi connectivity index (χ1n) is 8.66. The SMILES string of the molecule is CCOc1ccc(N2C(=S)N[C@@H](c3ccccn3)[C@H]2c2ccc(Cl)s2)cc1.